The molecule has 0 spiro atoms. The number of amides is 4. The third-order valence-corrected chi connectivity index (χ3v) is 11.9. The Kier molecular flexibility index (Phi) is 16.3. The van der Waals surface area contributed by atoms with Crippen molar-refractivity contribution in [1.82, 2.24) is 19.6 Å². The summed E-state index contributed by atoms with van der Waals surface area (Å²) in [6.07, 6.45) is 16.6. The molecule has 2 heterocycles. The highest BCUT2D eigenvalue weighted by Crippen LogP contribution is 2.28. The van der Waals surface area contributed by atoms with Crippen LogP contribution in [0.4, 0.5) is 19.2 Å². The fourth-order valence-electron chi connectivity index (χ4n) is 8.66. The quantitative estimate of drug-likeness (QED) is 0.196. The molecule has 2 aliphatic heterocycles. The molecule has 0 unspecified atom stereocenters. The molecule has 14 heteroatoms. The van der Waals surface area contributed by atoms with Crippen molar-refractivity contribution in [3.8, 4) is 0 Å². The van der Waals surface area contributed by atoms with Gasteiger partial charge < -0.3 is 40.2 Å². The molecule has 0 radical (unpaired) electrons. The molecule has 5 fully saturated rings. The Labute approximate surface area is 310 Å². The molecule has 3 saturated carbocycles. The van der Waals surface area contributed by atoms with Gasteiger partial charge in [-0.25, -0.2) is 19.2 Å². The van der Waals surface area contributed by atoms with Gasteiger partial charge in [-0.1, -0.05) is 38.5 Å². The molecule has 0 atom stereocenters. The molecule has 4 amide bonds. The van der Waals surface area contributed by atoms with Crippen molar-refractivity contribution in [3.05, 3.63) is 0 Å². The van der Waals surface area contributed by atoms with Gasteiger partial charge in [0.25, 0.3) is 0 Å². The molecular formula is C38H66N6O8. The number of rotatable bonds is 10. The van der Waals surface area contributed by atoms with E-state index < -0.39 is 0 Å². The van der Waals surface area contributed by atoms with Gasteiger partial charge in [0.2, 0.25) is 0 Å². The van der Waals surface area contributed by atoms with E-state index in [0.717, 1.165) is 64.2 Å². The zero-order valence-electron chi connectivity index (χ0n) is 31.5. The molecule has 0 aromatic carbocycles. The van der Waals surface area contributed by atoms with Crippen LogP contribution >= 0.6 is 0 Å². The first-order valence-electron chi connectivity index (χ1n) is 20.5. The Morgan fingerprint density at radius 3 is 1.10 bits per heavy atom. The van der Waals surface area contributed by atoms with Crippen molar-refractivity contribution in [3.63, 3.8) is 0 Å². The number of ether oxygens (including phenoxy) is 4. The van der Waals surface area contributed by atoms with Crippen molar-refractivity contribution < 1.29 is 38.1 Å². The normalized spacial score (nSPS) is 24.7. The van der Waals surface area contributed by atoms with Crippen LogP contribution in [0.3, 0.4) is 0 Å². The van der Waals surface area contributed by atoms with Gasteiger partial charge in [-0.2, -0.15) is 0 Å². The molecular weight excluding hydrogens is 668 g/mol. The molecule has 0 bridgehead atoms. The van der Waals surface area contributed by atoms with E-state index in [-0.39, 0.29) is 62.1 Å². The first-order valence-corrected chi connectivity index (χ1v) is 20.5. The lowest BCUT2D eigenvalue weighted by Crippen LogP contribution is -2.46. The van der Waals surface area contributed by atoms with Crippen LogP contribution in [0, 0.1) is 11.8 Å². The Balaban J connectivity index is 0.935. The average Bonchev–Trinajstić information content (AvgIpc) is 3.16. The summed E-state index contributed by atoms with van der Waals surface area (Å²) in [5.74, 6) is 0.989. The Morgan fingerprint density at radius 2 is 0.769 bits per heavy atom. The number of hydrogen-bond donors (Lipinski definition) is 2. The van der Waals surface area contributed by atoms with E-state index in [1.165, 1.54) is 38.5 Å². The van der Waals surface area contributed by atoms with E-state index in [1.807, 2.05) is 0 Å². The van der Waals surface area contributed by atoms with Crippen molar-refractivity contribution in [2.24, 2.45) is 23.3 Å². The molecule has 2 saturated heterocycles. The van der Waals surface area contributed by atoms with E-state index in [1.54, 1.807) is 19.6 Å². The number of nitrogens with zero attached hydrogens (tertiary/aromatic N) is 4. The van der Waals surface area contributed by atoms with Crippen molar-refractivity contribution in [1.29, 1.82) is 0 Å². The monoisotopic (exact) mass is 734 g/mol. The van der Waals surface area contributed by atoms with Crippen LogP contribution in [-0.4, -0.2) is 121 Å². The summed E-state index contributed by atoms with van der Waals surface area (Å²) in [6.45, 7) is 3.55. The third kappa shape index (κ3) is 12.6. The highest BCUT2D eigenvalue weighted by atomic mass is 16.6. The van der Waals surface area contributed by atoms with Gasteiger partial charge in [-0.15, -0.1) is 0 Å². The van der Waals surface area contributed by atoms with Crippen molar-refractivity contribution in [2.45, 2.75) is 153 Å². The van der Waals surface area contributed by atoms with E-state index in [2.05, 4.69) is 0 Å². The van der Waals surface area contributed by atoms with Gasteiger partial charge in [0, 0.05) is 65.0 Å². The topological polar surface area (TPSA) is 170 Å². The summed E-state index contributed by atoms with van der Waals surface area (Å²) in [4.78, 5) is 58.3. The predicted molar refractivity (Wildman–Crippen MR) is 195 cm³/mol. The molecule has 14 nitrogen and oxygen atoms in total. The Morgan fingerprint density at radius 1 is 0.442 bits per heavy atom. The number of carbonyl (C=O) groups is 4. The Hall–Kier alpha value is -3.00. The number of nitrogens with two attached hydrogens (primary N) is 2. The second-order valence-corrected chi connectivity index (χ2v) is 15.8. The molecule has 4 N–H and O–H groups in total. The highest BCUT2D eigenvalue weighted by Gasteiger charge is 2.32. The van der Waals surface area contributed by atoms with Gasteiger partial charge >= 0.3 is 24.4 Å². The average molecular weight is 735 g/mol. The summed E-state index contributed by atoms with van der Waals surface area (Å²) in [5, 5.41) is 0. The van der Waals surface area contributed by atoms with Gasteiger partial charge in [0.05, 0.1) is 13.3 Å². The smallest absolute Gasteiger partial charge is 0.411 e. The molecule has 5 aliphatic rings. The summed E-state index contributed by atoms with van der Waals surface area (Å²) in [6, 6.07) is 0. The van der Waals surface area contributed by atoms with Crippen LogP contribution in [0.1, 0.15) is 128 Å². The van der Waals surface area contributed by atoms with Crippen LogP contribution in [-0.2, 0) is 18.9 Å². The predicted octanol–water partition coefficient (Wildman–Crippen LogP) is 6.15. The summed E-state index contributed by atoms with van der Waals surface area (Å²) < 4.78 is 23.4. The lowest BCUT2D eigenvalue weighted by molar-refractivity contribution is 0.00313. The van der Waals surface area contributed by atoms with Gasteiger partial charge in [-0.05, 0) is 76.0 Å². The first-order chi connectivity index (χ1) is 25.3. The third-order valence-electron chi connectivity index (χ3n) is 11.9. The number of likely N-dealkylation sites (tertiary alicyclic amines) is 2. The first kappa shape index (κ1) is 40.2. The zero-order valence-corrected chi connectivity index (χ0v) is 31.5. The lowest BCUT2D eigenvalue weighted by Gasteiger charge is -2.35. The highest BCUT2D eigenvalue weighted by molar-refractivity contribution is 5.69. The Bertz CT molecular complexity index is 1020. The van der Waals surface area contributed by atoms with Gasteiger partial charge in [0.1, 0.15) is 24.4 Å². The second-order valence-electron chi connectivity index (χ2n) is 15.8. The molecule has 296 valence electrons. The lowest BCUT2D eigenvalue weighted by atomic mass is 9.89. The van der Waals surface area contributed by atoms with Crippen LogP contribution in [0.5, 0.6) is 0 Å². The second kappa shape index (κ2) is 21.0. The van der Waals surface area contributed by atoms with Gasteiger partial charge in [0.15, 0.2) is 0 Å². The maximum absolute atomic E-state index is 13.0. The largest absolute Gasteiger partial charge is 0.446 e. The summed E-state index contributed by atoms with van der Waals surface area (Å²) in [7, 11) is 0. The number of piperidine rings is 2. The van der Waals surface area contributed by atoms with Crippen LogP contribution in [0.2, 0.25) is 0 Å². The van der Waals surface area contributed by atoms with Crippen LogP contribution in [0.25, 0.3) is 0 Å². The standard InChI is InChI=1S/C38H66N6O8/c39-27-43(25-29-9-3-1-4-10-29)37(47)51-33-17-21-41(22-18-33)35(45)49-31-13-7-15-32(16-8-14-31)50-36(46)42-23-19-34(20-24-42)52-38(48)44(28-40)26-30-11-5-2-6-12-30/h29-34H,1-28,39-40H2. The van der Waals surface area contributed by atoms with Crippen molar-refractivity contribution in [2.75, 3.05) is 52.6 Å². The number of hydrogen-bond acceptors (Lipinski definition) is 10. The van der Waals surface area contributed by atoms with Crippen LogP contribution < -0.4 is 11.5 Å². The van der Waals surface area contributed by atoms with E-state index in [4.69, 9.17) is 30.4 Å². The summed E-state index contributed by atoms with van der Waals surface area (Å²) >= 11 is 0. The number of carbonyl (C=O) groups excluding carboxylic acids is 4. The maximum atomic E-state index is 13.0. The molecule has 5 rings (SSSR count). The minimum atomic E-state index is -0.352. The molecule has 0 aromatic rings. The molecule has 3 aliphatic carbocycles. The van der Waals surface area contributed by atoms with Crippen molar-refractivity contribution >= 4 is 24.4 Å². The zero-order chi connectivity index (χ0) is 36.7. The van der Waals surface area contributed by atoms with E-state index in [9.17, 15) is 19.2 Å². The van der Waals surface area contributed by atoms with Crippen LogP contribution in [0.15, 0.2) is 0 Å². The fraction of sp³-hybridized carbons (Fsp3) is 0.895. The fourth-order valence-corrected chi connectivity index (χ4v) is 8.66. The minimum absolute atomic E-state index is 0.152. The molecule has 0 aromatic heterocycles. The van der Waals surface area contributed by atoms with Gasteiger partial charge in [-0.3, -0.25) is 9.80 Å². The molecule has 52 heavy (non-hydrogen) atoms. The maximum Gasteiger partial charge on any atom is 0.411 e. The minimum Gasteiger partial charge on any atom is -0.446 e. The summed E-state index contributed by atoms with van der Waals surface area (Å²) in [5.41, 5.74) is 11.8. The van der Waals surface area contributed by atoms with E-state index >= 15 is 0 Å². The SMILES string of the molecule is NCN(CC1CCCCC1)C(=O)OC1CCN(C(=O)OC2CCCC(OC(=O)N3CCC(OC(=O)N(CN)CC4CCCCC4)CC3)CCC2)CC1. The van der Waals surface area contributed by atoms with E-state index in [0.29, 0.717) is 76.8 Å².